The molecule has 0 spiro atoms. The van der Waals surface area contributed by atoms with Crippen LogP contribution >= 0.6 is 0 Å². The van der Waals surface area contributed by atoms with Crippen LogP contribution in [0.4, 0.5) is 4.79 Å². The number of hydrogen-bond donors (Lipinski definition) is 4. The van der Waals surface area contributed by atoms with E-state index in [1.165, 1.54) is 11.0 Å². The van der Waals surface area contributed by atoms with Crippen LogP contribution in [0.15, 0.2) is 12.7 Å². The topological polar surface area (TPSA) is 177 Å². The third-order valence-electron chi connectivity index (χ3n) is 10.2. The first-order valence-corrected chi connectivity index (χ1v) is 18.5. The minimum atomic E-state index is -3.84. The molecule has 2 saturated carbocycles. The summed E-state index contributed by atoms with van der Waals surface area (Å²) >= 11 is 0. The second-order valence-corrected chi connectivity index (χ2v) is 16.9. The minimum absolute atomic E-state index is 0.135. The van der Waals surface area contributed by atoms with Gasteiger partial charge in [0.1, 0.15) is 23.7 Å². The molecule has 4 bridgehead atoms. The lowest BCUT2D eigenvalue weighted by Crippen LogP contribution is -2.97. The number of carbonyl (C=O) groups is 4. The molecule has 4 amide bonds. The van der Waals surface area contributed by atoms with Gasteiger partial charge in [0.2, 0.25) is 21.8 Å². The molecule has 5 N–H and O–H groups in total. The Hall–Kier alpha value is -2.71. The van der Waals surface area contributed by atoms with E-state index in [4.69, 9.17) is 9.47 Å². The molecule has 3 saturated heterocycles. The third kappa shape index (κ3) is 8.04. The van der Waals surface area contributed by atoms with Crippen molar-refractivity contribution in [2.45, 2.75) is 132 Å². The van der Waals surface area contributed by atoms with Crippen molar-refractivity contribution >= 4 is 33.8 Å². The van der Waals surface area contributed by atoms with Gasteiger partial charge in [-0.3, -0.25) is 19.1 Å². The van der Waals surface area contributed by atoms with E-state index >= 15 is 0 Å². The maximum atomic E-state index is 14.2. The highest BCUT2D eigenvalue weighted by Gasteiger charge is 2.62. The number of quaternary nitrogens is 1. The first-order valence-electron chi connectivity index (χ1n) is 16.9. The number of nitrogens with two attached hydrogens (primary N) is 1. The van der Waals surface area contributed by atoms with E-state index in [1.807, 2.05) is 20.8 Å². The van der Waals surface area contributed by atoms with Crippen LogP contribution in [-0.4, -0.2) is 98.0 Å². The lowest BCUT2D eigenvalue weighted by atomic mass is 9.85. The Morgan fingerprint density at radius 3 is 2.46 bits per heavy atom. The van der Waals surface area contributed by atoms with Gasteiger partial charge < -0.3 is 30.3 Å². The molecule has 258 valence electrons. The molecule has 3 heterocycles. The fourth-order valence-corrected chi connectivity index (χ4v) is 8.48. The molecule has 5 aliphatic rings. The molecule has 5 rings (SSSR count). The molecular weight excluding hydrogens is 614 g/mol. The smallest absolute Gasteiger partial charge is 0.407 e. The van der Waals surface area contributed by atoms with Gasteiger partial charge in [-0.2, -0.15) is 0 Å². The molecule has 2 unspecified atom stereocenters. The quantitative estimate of drug-likeness (QED) is 0.302. The maximum Gasteiger partial charge on any atom is 0.407 e. The summed E-state index contributed by atoms with van der Waals surface area (Å²) in [7, 11) is -3.84. The molecular formula is C32H52N5O8S+. The zero-order valence-corrected chi connectivity index (χ0v) is 28.2. The van der Waals surface area contributed by atoms with Gasteiger partial charge >= 0.3 is 6.09 Å². The van der Waals surface area contributed by atoms with Crippen LogP contribution < -0.4 is 20.7 Å². The van der Waals surface area contributed by atoms with Crippen molar-refractivity contribution in [1.29, 1.82) is 0 Å². The first kappa shape index (κ1) is 34.6. The number of ether oxygens (including phenoxy) is 2. The number of amides is 4. The molecule has 14 heteroatoms. The normalized spacial score (nSPS) is 34.7. The van der Waals surface area contributed by atoms with Crippen molar-refractivity contribution in [2.24, 2.45) is 11.3 Å². The molecule has 3 aliphatic heterocycles. The predicted molar refractivity (Wildman–Crippen MR) is 169 cm³/mol. The number of sulfonamides is 1. The number of alkyl carbamates (subject to hydrolysis) is 1. The zero-order chi connectivity index (χ0) is 33.3. The number of nitrogens with zero attached hydrogens (tertiary/aromatic N) is 1. The summed E-state index contributed by atoms with van der Waals surface area (Å²) in [4.78, 5) is 55.8. The van der Waals surface area contributed by atoms with Gasteiger partial charge in [0, 0.05) is 25.3 Å². The maximum absolute atomic E-state index is 14.2. The lowest BCUT2D eigenvalue weighted by molar-refractivity contribution is -0.732. The fraction of sp³-hybridized carbons (Fsp3) is 0.812. The molecule has 46 heavy (non-hydrogen) atoms. The van der Waals surface area contributed by atoms with Crippen LogP contribution in [0.5, 0.6) is 0 Å². The highest BCUT2D eigenvalue weighted by molar-refractivity contribution is 7.91. The lowest BCUT2D eigenvalue weighted by Gasteiger charge is -2.35. The van der Waals surface area contributed by atoms with Crippen LogP contribution in [0, 0.1) is 11.3 Å². The third-order valence-corrected chi connectivity index (χ3v) is 12.0. The van der Waals surface area contributed by atoms with E-state index < -0.39 is 74.1 Å². The Balaban J connectivity index is 1.37. The van der Waals surface area contributed by atoms with Crippen LogP contribution in [0.2, 0.25) is 0 Å². The monoisotopic (exact) mass is 666 g/mol. The van der Waals surface area contributed by atoms with Gasteiger partial charge in [0.05, 0.1) is 30.6 Å². The largest absolute Gasteiger partial charge is 0.450 e. The molecule has 0 aromatic heterocycles. The van der Waals surface area contributed by atoms with Crippen molar-refractivity contribution in [3.63, 3.8) is 0 Å². The van der Waals surface area contributed by atoms with E-state index in [0.29, 0.717) is 31.5 Å². The fourth-order valence-electron chi connectivity index (χ4n) is 7.11. The summed E-state index contributed by atoms with van der Waals surface area (Å²) < 4.78 is 39.2. The van der Waals surface area contributed by atoms with Gasteiger partial charge in [0.15, 0.2) is 0 Å². The Kier molecular flexibility index (Phi) is 10.4. The minimum Gasteiger partial charge on any atom is -0.450 e. The molecule has 13 nitrogen and oxygen atoms in total. The highest BCUT2D eigenvalue weighted by atomic mass is 32.2. The van der Waals surface area contributed by atoms with E-state index in [-0.39, 0.29) is 26.0 Å². The standard InChI is InChI=1S/C32H51N5O8S/c1-5-20-17-32(20,29(40)36-46(42,43)24-13-14-24)35-27(38)25-16-23-18-37(25)28(39)26(31(2,3)4)34-30(41)44-15-8-6-7-10-21-11-9-12-22(33-21)19-45-23/h5,20-26,33H,1,6-19H2,2-4H3,(H,34,41)(H,35,38)(H,36,40)/p+1/t20-,21?,22?,23-,25+,26-,32-/m1/s1. The number of nitrogens with one attached hydrogen (secondary N) is 3. The Morgan fingerprint density at radius 1 is 1.07 bits per heavy atom. The second-order valence-electron chi connectivity index (χ2n) is 15.0. The molecule has 0 aromatic rings. The van der Waals surface area contributed by atoms with E-state index in [2.05, 4.69) is 27.3 Å². The van der Waals surface area contributed by atoms with Gasteiger partial charge in [-0.05, 0) is 63.2 Å². The van der Waals surface area contributed by atoms with Crippen molar-refractivity contribution in [2.75, 3.05) is 19.8 Å². The van der Waals surface area contributed by atoms with Crippen LogP contribution in [0.25, 0.3) is 0 Å². The average Bonchev–Trinajstić information content (AvgIpc) is 3.92. The molecule has 5 fully saturated rings. The summed E-state index contributed by atoms with van der Waals surface area (Å²) in [6.07, 6.45) is 8.92. The van der Waals surface area contributed by atoms with E-state index in [0.717, 1.165) is 44.9 Å². The van der Waals surface area contributed by atoms with Crippen molar-refractivity contribution in [3.8, 4) is 0 Å². The van der Waals surface area contributed by atoms with Gasteiger partial charge in [-0.15, -0.1) is 6.58 Å². The number of piperidine rings is 1. The second kappa shape index (κ2) is 13.8. The summed E-state index contributed by atoms with van der Waals surface area (Å²) in [5.74, 6) is -2.28. The highest BCUT2D eigenvalue weighted by Crippen LogP contribution is 2.45. The first-order chi connectivity index (χ1) is 21.7. The summed E-state index contributed by atoms with van der Waals surface area (Å²) in [5, 5.41) is 7.36. The van der Waals surface area contributed by atoms with Crippen molar-refractivity contribution in [1.82, 2.24) is 20.3 Å². The number of hydrogen-bond acceptors (Lipinski definition) is 8. The van der Waals surface area contributed by atoms with Crippen LogP contribution in [0.3, 0.4) is 0 Å². The zero-order valence-electron chi connectivity index (χ0n) is 27.4. The van der Waals surface area contributed by atoms with Gasteiger partial charge in [-0.1, -0.05) is 26.8 Å². The summed E-state index contributed by atoms with van der Waals surface area (Å²) in [6, 6.07) is -1.19. The average molecular weight is 667 g/mol. The summed E-state index contributed by atoms with van der Waals surface area (Å²) in [5.41, 5.74) is -2.19. The molecule has 0 radical (unpaired) electrons. The van der Waals surface area contributed by atoms with Gasteiger partial charge in [-0.25, -0.2) is 13.2 Å². The van der Waals surface area contributed by atoms with Crippen molar-refractivity contribution < 1.29 is 42.4 Å². The predicted octanol–water partition coefficient (Wildman–Crippen LogP) is 0.841. The molecule has 7 atom stereocenters. The number of fused-ring (bicyclic) bond motifs is 4. The Morgan fingerprint density at radius 2 is 1.78 bits per heavy atom. The number of cyclic esters (lactones) is 1. The van der Waals surface area contributed by atoms with E-state index in [9.17, 15) is 27.6 Å². The Bertz CT molecular complexity index is 1300. The van der Waals surface area contributed by atoms with Crippen molar-refractivity contribution in [3.05, 3.63) is 12.7 Å². The molecule has 0 aromatic carbocycles. The number of rotatable bonds is 6. The SMILES string of the molecule is C=C[C@@H]1C[C@]1(NC(=O)[C@@H]1C[C@@H]2CN1C(=O)[C@H](C(C)(C)C)NC(=O)OCCCCCC1CCCC(CO2)[NH2+]1)C(=O)NS(=O)(=O)C1CC1. The number of carbonyl (C=O) groups excluding carboxylic acids is 4. The Labute approximate surface area is 272 Å². The van der Waals surface area contributed by atoms with Gasteiger partial charge in [0.25, 0.3) is 5.91 Å². The van der Waals surface area contributed by atoms with E-state index in [1.54, 1.807) is 0 Å². The molecule has 2 aliphatic carbocycles. The van der Waals surface area contributed by atoms with Crippen LogP contribution in [0.1, 0.15) is 91.4 Å². The van der Waals surface area contributed by atoms with Crippen LogP contribution in [-0.2, 0) is 33.9 Å². The summed E-state index contributed by atoms with van der Waals surface area (Å²) in [6.45, 7) is 10.1.